The summed E-state index contributed by atoms with van der Waals surface area (Å²) in [5.74, 6) is 0.0397. The van der Waals surface area contributed by atoms with E-state index < -0.39 is 11.7 Å². The van der Waals surface area contributed by atoms with Crippen molar-refractivity contribution in [3.05, 3.63) is 40.8 Å². The van der Waals surface area contributed by atoms with Crippen LogP contribution in [-0.4, -0.2) is 14.8 Å². The SMILES string of the molecule is Cc1ccn(-c2cc(C(F)(F)F)cc(Cl)n2)n1. The van der Waals surface area contributed by atoms with Gasteiger partial charge in [0, 0.05) is 6.20 Å². The normalized spacial score (nSPS) is 11.8. The van der Waals surface area contributed by atoms with E-state index in [1.807, 2.05) is 0 Å². The lowest BCUT2D eigenvalue weighted by atomic mass is 10.2. The molecular formula is C10H7ClF3N3. The fourth-order valence-corrected chi connectivity index (χ4v) is 1.51. The van der Waals surface area contributed by atoms with Crippen LogP contribution in [0.4, 0.5) is 13.2 Å². The van der Waals surface area contributed by atoms with Gasteiger partial charge in [0.1, 0.15) is 5.15 Å². The molecule has 0 atom stereocenters. The monoisotopic (exact) mass is 261 g/mol. The molecule has 2 aromatic heterocycles. The van der Waals surface area contributed by atoms with Gasteiger partial charge in [-0.1, -0.05) is 11.6 Å². The summed E-state index contributed by atoms with van der Waals surface area (Å²) in [5, 5.41) is 3.75. The van der Waals surface area contributed by atoms with E-state index in [1.54, 1.807) is 13.0 Å². The van der Waals surface area contributed by atoms with Crippen LogP contribution in [0.25, 0.3) is 5.82 Å². The Morgan fingerprint density at radius 2 is 2.00 bits per heavy atom. The van der Waals surface area contributed by atoms with Gasteiger partial charge in [0.05, 0.1) is 11.3 Å². The standard InChI is InChI=1S/C10H7ClF3N3/c1-6-2-3-17(16-6)9-5-7(10(12,13)14)4-8(11)15-9/h2-5H,1H3. The third-order valence-corrected chi connectivity index (χ3v) is 2.26. The Balaban J connectivity index is 2.52. The van der Waals surface area contributed by atoms with Crippen molar-refractivity contribution in [1.29, 1.82) is 0 Å². The fraction of sp³-hybridized carbons (Fsp3) is 0.200. The van der Waals surface area contributed by atoms with Crippen LogP contribution in [0.15, 0.2) is 24.4 Å². The Morgan fingerprint density at radius 1 is 1.29 bits per heavy atom. The number of alkyl halides is 3. The maximum atomic E-state index is 12.6. The molecule has 0 unspecified atom stereocenters. The summed E-state index contributed by atoms with van der Waals surface area (Å²) in [7, 11) is 0. The Labute approximate surface area is 99.8 Å². The summed E-state index contributed by atoms with van der Waals surface area (Å²) in [4.78, 5) is 3.80. The first kappa shape index (κ1) is 11.9. The van der Waals surface area contributed by atoms with E-state index in [0.29, 0.717) is 5.69 Å². The van der Waals surface area contributed by atoms with Crippen molar-refractivity contribution in [3.63, 3.8) is 0 Å². The van der Waals surface area contributed by atoms with Gasteiger partial charge in [-0.3, -0.25) is 0 Å². The zero-order chi connectivity index (χ0) is 12.6. The predicted molar refractivity (Wildman–Crippen MR) is 56.1 cm³/mol. The lowest BCUT2D eigenvalue weighted by Crippen LogP contribution is -2.08. The molecule has 0 spiro atoms. The molecule has 3 nitrogen and oxygen atoms in total. The Hall–Kier alpha value is -1.56. The number of aromatic nitrogens is 3. The highest BCUT2D eigenvalue weighted by Gasteiger charge is 2.31. The molecule has 0 N–H and O–H groups in total. The molecule has 0 saturated heterocycles. The largest absolute Gasteiger partial charge is 0.416 e. The van der Waals surface area contributed by atoms with E-state index in [2.05, 4.69) is 10.1 Å². The fourth-order valence-electron chi connectivity index (χ4n) is 1.31. The quantitative estimate of drug-likeness (QED) is 0.738. The average Bonchev–Trinajstić information content (AvgIpc) is 2.62. The van der Waals surface area contributed by atoms with Crippen LogP contribution in [0.2, 0.25) is 5.15 Å². The summed E-state index contributed by atoms with van der Waals surface area (Å²) < 4.78 is 38.9. The summed E-state index contributed by atoms with van der Waals surface area (Å²) in [6.07, 6.45) is -2.93. The molecule has 2 heterocycles. The van der Waals surface area contributed by atoms with Gasteiger partial charge in [0.15, 0.2) is 5.82 Å². The molecule has 2 rings (SSSR count). The van der Waals surface area contributed by atoms with Crippen molar-refractivity contribution < 1.29 is 13.2 Å². The van der Waals surface area contributed by atoms with E-state index >= 15 is 0 Å². The van der Waals surface area contributed by atoms with Crippen molar-refractivity contribution >= 4 is 11.6 Å². The van der Waals surface area contributed by atoms with Gasteiger partial charge in [0.25, 0.3) is 0 Å². The van der Waals surface area contributed by atoms with Gasteiger partial charge in [-0.25, -0.2) is 9.67 Å². The van der Waals surface area contributed by atoms with Crippen molar-refractivity contribution in [3.8, 4) is 5.82 Å². The van der Waals surface area contributed by atoms with Crippen molar-refractivity contribution in [2.75, 3.05) is 0 Å². The molecule has 0 radical (unpaired) electrons. The second-order valence-corrected chi connectivity index (χ2v) is 3.82. The molecule has 0 amide bonds. The molecule has 0 aliphatic heterocycles. The van der Waals surface area contributed by atoms with Crippen LogP contribution >= 0.6 is 11.6 Å². The van der Waals surface area contributed by atoms with Crippen LogP contribution in [-0.2, 0) is 6.18 Å². The number of hydrogen-bond donors (Lipinski definition) is 0. The van der Waals surface area contributed by atoms with Crippen molar-refractivity contribution in [2.24, 2.45) is 0 Å². The van der Waals surface area contributed by atoms with E-state index in [0.717, 1.165) is 12.1 Å². The predicted octanol–water partition coefficient (Wildman–Crippen LogP) is 3.25. The van der Waals surface area contributed by atoms with Crippen LogP contribution in [0.5, 0.6) is 0 Å². The number of hydrogen-bond acceptors (Lipinski definition) is 2. The summed E-state index contributed by atoms with van der Waals surface area (Å²) in [5.41, 5.74) is -0.166. The third kappa shape index (κ3) is 2.58. The Kier molecular flexibility index (Phi) is 2.82. The zero-order valence-electron chi connectivity index (χ0n) is 8.66. The van der Waals surface area contributed by atoms with Gasteiger partial charge < -0.3 is 0 Å². The minimum absolute atomic E-state index is 0.0397. The molecule has 0 aromatic carbocycles. The molecular weight excluding hydrogens is 255 g/mol. The smallest absolute Gasteiger partial charge is 0.222 e. The summed E-state index contributed by atoms with van der Waals surface area (Å²) in [6, 6.07) is 3.34. The lowest BCUT2D eigenvalue weighted by molar-refractivity contribution is -0.137. The van der Waals surface area contributed by atoms with Gasteiger partial charge >= 0.3 is 6.18 Å². The van der Waals surface area contributed by atoms with E-state index in [-0.39, 0.29) is 11.0 Å². The highest BCUT2D eigenvalue weighted by molar-refractivity contribution is 6.29. The lowest BCUT2D eigenvalue weighted by Gasteiger charge is -2.09. The molecule has 17 heavy (non-hydrogen) atoms. The topological polar surface area (TPSA) is 30.7 Å². The average molecular weight is 262 g/mol. The summed E-state index contributed by atoms with van der Waals surface area (Å²) in [6.45, 7) is 1.73. The van der Waals surface area contributed by atoms with Crippen LogP contribution in [0.3, 0.4) is 0 Å². The highest BCUT2D eigenvalue weighted by atomic mass is 35.5. The number of halogens is 4. The number of pyridine rings is 1. The minimum atomic E-state index is -4.45. The first-order valence-electron chi connectivity index (χ1n) is 4.64. The molecule has 0 aliphatic rings. The van der Waals surface area contributed by atoms with Crippen LogP contribution in [0.1, 0.15) is 11.3 Å². The summed E-state index contributed by atoms with van der Waals surface area (Å²) >= 11 is 5.56. The second kappa shape index (κ2) is 4.03. The van der Waals surface area contributed by atoms with Crippen LogP contribution in [0, 0.1) is 6.92 Å². The molecule has 90 valence electrons. The minimum Gasteiger partial charge on any atom is -0.222 e. The molecule has 2 aromatic rings. The number of nitrogens with zero attached hydrogens (tertiary/aromatic N) is 3. The van der Waals surface area contributed by atoms with Gasteiger partial charge in [-0.05, 0) is 25.1 Å². The number of aryl methyl sites for hydroxylation is 1. The first-order chi connectivity index (χ1) is 7.86. The second-order valence-electron chi connectivity index (χ2n) is 3.44. The Bertz CT molecular complexity index is 548. The van der Waals surface area contributed by atoms with Gasteiger partial charge in [0.2, 0.25) is 0 Å². The van der Waals surface area contributed by atoms with Crippen LogP contribution < -0.4 is 0 Å². The third-order valence-electron chi connectivity index (χ3n) is 2.07. The zero-order valence-corrected chi connectivity index (χ0v) is 9.42. The van der Waals surface area contributed by atoms with E-state index in [9.17, 15) is 13.2 Å². The van der Waals surface area contributed by atoms with Gasteiger partial charge in [-0.15, -0.1) is 0 Å². The number of rotatable bonds is 1. The molecule has 0 bridgehead atoms. The molecule has 0 aliphatic carbocycles. The molecule has 0 fully saturated rings. The first-order valence-corrected chi connectivity index (χ1v) is 5.01. The molecule has 0 saturated carbocycles. The highest BCUT2D eigenvalue weighted by Crippen LogP contribution is 2.31. The Morgan fingerprint density at radius 3 is 2.53 bits per heavy atom. The van der Waals surface area contributed by atoms with Crippen molar-refractivity contribution in [2.45, 2.75) is 13.1 Å². The van der Waals surface area contributed by atoms with E-state index in [1.165, 1.54) is 10.9 Å². The maximum absolute atomic E-state index is 12.6. The van der Waals surface area contributed by atoms with E-state index in [4.69, 9.17) is 11.6 Å². The van der Waals surface area contributed by atoms with Gasteiger partial charge in [-0.2, -0.15) is 18.3 Å². The molecule has 7 heteroatoms. The maximum Gasteiger partial charge on any atom is 0.416 e. The van der Waals surface area contributed by atoms with Crippen molar-refractivity contribution in [1.82, 2.24) is 14.8 Å².